The Kier molecular flexibility index (Phi) is 3.69. The first-order valence-electron chi connectivity index (χ1n) is 6.98. The SMILES string of the molecule is CC(C)NCc1nnc(C2COc3ccccc3C2)o1. The second-order valence-electron chi connectivity index (χ2n) is 5.39. The van der Waals surface area contributed by atoms with Crippen LogP contribution < -0.4 is 10.1 Å². The van der Waals surface area contributed by atoms with Gasteiger partial charge in [0.1, 0.15) is 12.4 Å². The van der Waals surface area contributed by atoms with Crippen molar-refractivity contribution in [2.45, 2.75) is 38.8 Å². The van der Waals surface area contributed by atoms with E-state index in [0.717, 1.165) is 12.2 Å². The van der Waals surface area contributed by atoms with Crippen molar-refractivity contribution in [1.29, 1.82) is 0 Å². The standard InChI is InChI=1S/C15H19N3O2/c1-10(2)16-8-14-17-18-15(20-14)12-7-11-5-3-4-6-13(11)19-9-12/h3-6,10,12,16H,7-9H2,1-2H3. The van der Waals surface area contributed by atoms with Crippen molar-refractivity contribution in [3.8, 4) is 5.75 Å². The predicted molar refractivity (Wildman–Crippen MR) is 74.7 cm³/mol. The summed E-state index contributed by atoms with van der Waals surface area (Å²) in [4.78, 5) is 0. The summed E-state index contributed by atoms with van der Waals surface area (Å²) >= 11 is 0. The molecule has 0 spiro atoms. The van der Waals surface area contributed by atoms with Crippen LogP contribution in [0.15, 0.2) is 28.7 Å². The Morgan fingerprint density at radius 2 is 2.15 bits per heavy atom. The quantitative estimate of drug-likeness (QED) is 0.926. The van der Waals surface area contributed by atoms with E-state index in [9.17, 15) is 0 Å². The number of aromatic nitrogens is 2. The summed E-state index contributed by atoms with van der Waals surface area (Å²) in [7, 11) is 0. The Bertz CT molecular complexity index is 580. The molecule has 106 valence electrons. The number of rotatable bonds is 4. The van der Waals surface area contributed by atoms with Crippen LogP contribution in [0.3, 0.4) is 0 Å². The summed E-state index contributed by atoms with van der Waals surface area (Å²) in [6.07, 6.45) is 0.884. The first-order chi connectivity index (χ1) is 9.72. The molecular formula is C15H19N3O2. The van der Waals surface area contributed by atoms with Gasteiger partial charge in [-0.15, -0.1) is 10.2 Å². The van der Waals surface area contributed by atoms with E-state index in [-0.39, 0.29) is 5.92 Å². The summed E-state index contributed by atoms with van der Waals surface area (Å²) in [5.41, 5.74) is 1.20. The van der Waals surface area contributed by atoms with Crippen molar-refractivity contribution < 1.29 is 9.15 Å². The molecule has 0 amide bonds. The third kappa shape index (κ3) is 2.82. The van der Waals surface area contributed by atoms with Crippen LogP contribution in [-0.4, -0.2) is 22.8 Å². The molecule has 0 radical (unpaired) electrons. The average molecular weight is 273 g/mol. The Morgan fingerprint density at radius 1 is 1.30 bits per heavy atom. The van der Waals surface area contributed by atoms with E-state index in [1.54, 1.807) is 0 Å². The molecular weight excluding hydrogens is 254 g/mol. The molecule has 2 aromatic rings. The summed E-state index contributed by atoms with van der Waals surface area (Å²) in [5.74, 6) is 2.41. The van der Waals surface area contributed by atoms with Gasteiger partial charge in [-0.2, -0.15) is 0 Å². The molecule has 1 unspecified atom stereocenters. The Hall–Kier alpha value is -1.88. The van der Waals surface area contributed by atoms with Crippen molar-refractivity contribution >= 4 is 0 Å². The van der Waals surface area contributed by atoms with E-state index >= 15 is 0 Å². The average Bonchev–Trinajstić information content (AvgIpc) is 2.93. The lowest BCUT2D eigenvalue weighted by atomic mass is 9.97. The smallest absolute Gasteiger partial charge is 0.230 e. The van der Waals surface area contributed by atoms with Gasteiger partial charge in [-0.05, 0) is 18.1 Å². The van der Waals surface area contributed by atoms with E-state index < -0.39 is 0 Å². The minimum absolute atomic E-state index is 0.144. The molecule has 1 aromatic heterocycles. The van der Waals surface area contributed by atoms with Crippen LogP contribution in [0.2, 0.25) is 0 Å². The first kappa shape index (κ1) is 13.1. The second-order valence-corrected chi connectivity index (χ2v) is 5.39. The molecule has 0 aliphatic carbocycles. The summed E-state index contributed by atoms with van der Waals surface area (Å²) in [6, 6.07) is 8.49. The fourth-order valence-electron chi connectivity index (χ4n) is 2.28. The lowest BCUT2D eigenvalue weighted by Crippen LogP contribution is -2.22. The van der Waals surface area contributed by atoms with E-state index in [1.807, 2.05) is 18.2 Å². The van der Waals surface area contributed by atoms with Crippen LogP contribution >= 0.6 is 0 Å². The monoisotopic (exact) mass is 273 g/mol. The van der Waals surface area contributed by atoms with E-state index in [0.29, 0.717) is 31.0 Å². The van der Waals surface area contributed by atoms with Gasteiger partial charge in [-0.25, -0.2) is 0 Å². The molecule has 20 heavy (non-hydrogen) atoms. The maximum absolute atomic E-state index is 5.75. The Morgan fingerprint density at radius 3 is 3.00 bits per heavy atom. The van der Waals surface area contributed by atoms with Gasteiger partial charge in [0.25, 0.3) is 0 Å². The fraction of sp³-hybridized carbons (Fsp3) is 0.467. The zero-order valence-electron chi connectivity index (χ0n) is 11.8. The molecule has 0 fully saturated rings. The van der Waals surface area contributed by atoms with Crippen molar-refractivity contribution in [1.82, 2.24) is 15.5 Å². The van der Waals surface area contributed by atoms with Gasteiger partial charge in [-0.3, -0.25) is 0 Å². The van der Waals surface area contributed by atoms with Gasteiger partial charge in [0.2, 0.25) is 11.8 Å². The molecule has 1 atom stereocenters. The summed E-state index contributed by atoms with van der Waals surface area (Å²) in [5, 5.41) is 11.5. The number of ether oxygens (including phenoxy) is 1. The first-order valence-corrected chi connectivity index (χ1v) is 6.98. The predicted octanol–water partition coefficient (Wildman–Crippen LogP) is 2.29. The molecule has 0 saturated heterocycles. The molecule has 1 aliphatic rings. The van der Waals surface area contributed by atoms with Gasteiger partial charge < -0.3 is 14.5 Å². The highest BCUT2D eigenvalue weighted by Crippen LogP contribution is 2.31. The second kappa shape index (κ2) is 5.63. The number of nitrogens with zero attached hydrogens (tertiary/aromatic N) is 2. The van der Waals surface area contributed by atoms with E-state index in [4.69, 9.17) is 9.15 Å². The van der Waals surface area contributed by atoms with Crippen LogP contribution in [0.4, 0.5) is 0 Å². The van der Waals surface area contributed by atoms with Gasteiger partial charge in [0.05, 0.1) is 12.5 Å². The van der Waals surface area contributed by atoms with Crippen molar-refractivity contribution in [2.24, 2.45) is 0 Å². The number of hydrogen-bond acceptors (Lipinski definition) is 5. The fourth-order valence-corrected chi connectivity index (χ4v) is 2.28. The summed E-state index contributed by atoms with van der Waals surface area (Å²) in [6.45, 7) is 5.37. The van der Waals surface area contributed by atoms with Gasteiger partial charge in [0, 0.05) is 6.04 Å². The maximum atomic E-state index is 5.75. The van der Waals surface area contributed by atoms with Crippen LogP contribution in [-0.2, 0) is 13.0 Å². The summed E-state index contributed by atoms with van der Waals surface area (Å²) < 4.78 is 11.5. The van der Waals surface area contributed by atoms with E-state index in [2.05, 4.69) is 35.4 Å². The van der Waals surface area contributed by atoms with E-state index in [1.165, 1.54) is 5.56 Å². The van der Waals surface area contributed by atoms with Crippen LogP contribution in [0.5, 0.6) is 5.75 Å². The van der Waals surface area contributed by atoms with Crippen molar-refractivity contribution in [3.05, 3.63) is 41.6 Å². The number of nitrogens with one attached hydrogen (secondary N) is 1. The molecule has 1 aromatic carbocycles. The third-order valence-corrected chi connectivity index (χ3v) is 3.37. The lowest BCUT2D eigenvalue weighted by Gasteiger charge is -2.22. The van der Waals surface area contributed by atoms with Crippen LogP contribution in [0.25, 0.3) is 0 Å². The third-order valence-electron chi connectivity index (χ3n) is 3.37. The number of fused-ring (bicyclic) bond motifs is 1. The van der Waals surface area contributed by atoms with Crippen molar-refractivity contribution in [2.75, 3.05) is 6.61 Å². The lowest BCUT2D eigenvalue weighted by molar-refractivity contribution is 0.238. The highest BCUT2D eigenvalue weighted by Gasteiger charge is 2.25. The van der Waals surface area contributed by atoms with Gasteiger partial charge >= 0.3 is 0 Å². The van der Waals surface area contributed by atoms with Crippen molar-refractivity contribution in [3.63, 3.8) is 0 Å². The minimum atomic E-state index is 0.144. The Balaban J connectivity index is 1.69. The van der Waals surface area contributed by atoms with Crippen LogP contribution in [0, 0.1) is 0 Å². The maximum Gasteiger partial charge on any atom is 0.230 e. The Labute approximate surface area is 118 Å². The highest BCUT2D eigenvalue weighted by atomic mass is 16.5. The molecule has 2 heterocycles. The van der Waals surface area contributed by atoms with Crippen LogP contribution in [0.1, 0.15) is 37.1 Å². The normalized spacial score (nSPS) is 17.9. The molecule has 5 heteroatoms. The molecule has 3 rings (SSSR count). The zero-order valence-corrected chi connectivity index (χ0v) is 11.8. The van der Waals surface area contributed by atoms with Gasteiger partial charge in [-0.1, -0.05) is 32.0 Å². The van der Waals surface area contributed by atoms with Gasteiger partial charge in [0.15, 0.2) is 0 Å². The molecule has 0 bridgehead atoms. The number of hydrogen-bond donors (Lipinski definition) is 1. The number of benzene rings is 1. The minimum Gasteiger partial charge on any atom is -0.492 e. The highest BCUT2D eigenvalue weighted by molar-refractivity contribution is 5.36. The topological polar surface area (TPSA) is 60.2 Å². The number of para-hydroxylation sites is 1. The zero-order chi connectivity index (χ0) is 13.9. The molecule has 5 nitrogen and oxygen atoms in total. The largest absolute Gasteiger partial charge is 0.492 e. The molecule has 1 N–H and O–H groups in total. The molecule has 0 saturated carbocycles. The molecule has 1 aliphatic heterocycles.